The number of rotatable bonds is 6. The number of aliphatic carboxylic acids is 1. The van der Waals surface area contributed by atoms with E-state index in [1.165, 1.54) is 18.2 Å². The topological polar surface area (TPSA) is 75.6 Å². The molecule has 2 unspecified atom stereocenters. The van der Waals surface area contributed by atoms with E-state index >= 15 is 0 Å². The lowest BCUT2D eigenvalue weighted by Crippen LogP contribution is -2.44. The van der Waals surface area contributed by atoms with Crippen molar-refractivity contribution in [2.24, 2.45) is 11.8 Å². The van der Waals surface area contributed by atoms with Crippen LogP contribution in [-0.2, 0) is 16.0 Å². The summed E-state index contributed by atoms with van der Waals surface area (Å²) in [5.74, 6) is -2.91. The molecule has 0 radical (unpaired) electrons. The Hall–Kier alpha value is -2.25. The quantitative estimate of drug-likeness (QED) is 0.839. The SMILES string of the molecule is O=C(O)C1CCC1C(=O)NCCc1ccccc1OC(F)(F)F. The first kappa shape index (κ1) is 17.1. The van der Waals surface area contributed by atoms with Crippen LogP contribution in [0.3, 0.4) is 0 Å². The summed E-state index contributed by atoms with van der Waals surface area (Å²) < 4.78 is 40.8. The second-order valence-electron chi connectivity index (χ2n) is 5.33. The minimum absolute atomic E-state index is 0.111. The Morgan fingerprint density at radius 2 is 1.87 bits per heavy atom. The molecule has 1 aromatic rings. The number of carboxylic acids is 1. The molecule has 23 heavy (non-hydrogen) atoms. The summed E-state index contributed by atoms with van der Waals surface area (Å²) in [6, 6.07) is 5.69. The molecule has 0 aliphatic heterocycles. The van der Waals surface area contributed by atoms with Gasteiger partial charge in [-0.1, -0.05) is 18.2 Å². The molecule has 1 aliphatic carbocycles. The third-order valence-corrected chi connectivity index (χ3v) is 3.82. The number of hydrogen-bond acceptors (Lipinski definition) is 3. The van der Waals surface area contributed by atoms with Crippen LogP contribution in [0.15, 0.2) is 24.3 Å². The second-order valence-corrected chi connectivity index (χ2v) is 5.33. The number of alkyl halides is 3. The maximum atomic E-state index is 12.3. The molecular weight excluding hydrogens is 315 g/mol. The normalized spacial score (nSPS) is 20.5. The number of carbonyl (C=O) groups excluding carboxylic acids is 1. The number of carbonyl (C=O) groups is 2. The van der Waals surface area contributed by atoms with Crippen molar-refractivity contribution in [3.8, 4) is 5.75 Å². The molecule has 1 fully saturated rings. The van der Waals surface area contributed by atoms with Gasteiger partial charge in [-0.25, -0.2) is 0 Å². The van der Waals surface area contributed by atoms with E-state index in [9.17, 15) is 22.8 Å². The highest BCUT2D eigenvalue weighted by molar-refractivity contribution is 5.86. The number of ether oxygens (including phenoxy) is 1. The highest BCUT2D eigenvalue weighted by Gasteiger charge is 2.41. The van der Waals surface area contributed by atoms with E-state index in [1.807, 2.05) is 0 Å². The van der Waals surface area contributed by atoms with Crippen molar-refractivity contribution in [1.82, 2.24) is 5.32 Å². The minimum Gasteiger partial charge on any atom is -0.481 e. The lowest BCUT2D eigenvalue weighted by molar-refractivity contribution is -0.274. The summed E-state index contributed by atoms with van der Waals surface area (Å²) in [6.07, 6.45) is -3.64. The van der Waals surface area contributed by atoms with E-state index in [0.717, 1.165) is 0 Å². The van der Waals surface area contributed by atoms with Gasteiger partial charge in [0.25, 0.3) is 0 Å². The zero-order chi connectivity index (χ0) is 17.0. The highest BCUT2D eigenvalue weighted by Crippen LogP contribution is 2.34. The van der Waals surface area contributed by atoms with Gasteiger partial charge in [-0.3, -0.25) is 9.59 Å². The van der Waals surface area contributed by atoms with E-state index in [1.54, 1.807) is 6.07 Å². The lowest BCUT2D eigenvalue weighted by atomic mass is 9.73. The first-order chi connectivity index (χ1) is 10.8. The Morgan fingerprint density at radius 3 is 2.43 bits per heavy atom. The third kappa shape index (κ3) is 4.61. The first-order valence-corrected chi connectivity index (χ1v) is 7.12. The molecule has 2 rings (SSSR count). The Bertz CT molecular complexity index is 588. The number of para-hydroxylation sites is 1. The van der Waals surface area contributed by atoms with Crippen LogP contribution in [0.5, 0.6) is 5.75 Å². The van der Waals surface area contributed by atoms with Crippen molar-refractivity contribution >= 4 is 11.9 Å². The molecule has 1 saturated carbocycles. The Balaban J connectivity index is 1.87. The molecule has 5 nitrogen and oxygen atoms in total. The monoisotopic (exact) mass is 331 g/mol. The number of benzene rings is 1. The Labute approximate surface area is 130 Å². The number of carboxylic acid groups (broad SMARTS) is 1. The number of halogens is 3. The van der Waals surface area contributed by atoms with Gasteiger partial charge < -0.3 is 15.2 Å². The van der Waals surface area contributed by atoms with Crippen LogP contribution in [0.1, 0.15) is 18.4 Å². The summed E-state index contributed by atoms with van der Waals surface area (Å²) in [7, 11) is 0. The first-order valence-electron chi connectivity index (χ1n) is 7.12. The molecule has 2 atom stereocenters. The third-order valence-electron chi connectivity index (χ3n) is 3.82. The standard InChI is InChI=1S/C15H16F3NO4/c16-15(17,18)23-12-4-2-1-3-9(12)7-8-19-13(20)10-5-6-11(10)14(21)22/h1-4,10-11H,5-8H2,(H,19,20)(H,21,22). The number of hydrogen-bond donors (Lipinski definition) is 2. The average molecular weight is 331 g/mol. The van der Waals surface area contributed by atoms with Crippen LogP contribution in [0.4, 0.5) is 13.2 Å². The molecule has 0 bridgehead atoms. The molecule has 1 aliphatic rings. The molecule has 2 N–H and O–H groups in total. The zero-order valence-corrected chi connectivity index (χ0v) is 12.1. The maximum Gasteiger partial charge on any atom is 0.573 e. The smallest absolute Gasteiger partial charge is 0.481 e. The Kier molecular flexibility index (Phi) is 5.12. The van der Waals surface area contributed by atoms with Crippen molar-refractivity contribution in [2.45, 2.75) is 25.6 Å². The Morgan fingerprint density at radius 1 is 1.22 bits per heavy atom. The van der Waals surface area contributed by atoms with E-state index in [2.05, 4.69) is 10.1 Å². The molecule has 8 heteroatoms. The fourth-order valence-electron chi connectivity index (χ4n) is 2.50. The summed E-state index contributed by atoms with van der Waals surface area (Å²) in [5, 5.41) is 11.5. The molecular formula is C15H16F3NO4. The molecule has 0 spiro atoms. The predicted octanol–water partition coefficient (Wildman–Crippen LogP) is 2.35. The van der Waals surface area contributed by atoms with Crippen LogP contribution < -0.4 is 10.1 Å². The van der Waals surface area contributed by atoms with Gasteiger partial charge in [-0.05, 0) is 30.9 Å². The van der Waals surface area contributed by atoms with Crippen molar-refractivity contribution in [3.63, 3.8) is 0 Å². The van der Waals surface area contributed by atoms with Gasteiger partial charge in [-0.2, -0.15) is 0 Å². The number of amides is 1. The molecule has 1 amide bonds. The van der Waals surface area contributed by atoms with Gasteiger partial charge in [0.1, 0.15) is 5.75 Å². The van der Waals surface area contributed by atoms with Crippen LogP contribution in [0.25, 0.3) is 0 Å². The summed E-state index contributed by atoms with van der Waals surface area (Å²) in [6.45, 7) is 0.111. The predicted molar refractivity (Wildman–Crippen MR) is 73.7 cm³/mol. The fourth-order valence-corrected chi connectivity index (χ4v) is 2.50. The number of nitrogens with one attached hydrogen (secondary N) is 1. The molecule has 1 aromatic carbocycles. The van der Waals surface area contributed by atoms with Crippen molar-refractivity contribution in [3.05, 3.63) is 29.8 Å². The lowest BCUT2D eigenvalue weighted by Gasteiger charge is -2.31. The van der Waals surface area contributed by atoms with Crippen LogP contribution >= 0.6 is 0 Å². The largest absolute Gasteiger partial charge is 0.573 e. The van der Waals surface area contributed by atoms with Crippen LogP contribution in [-0.4, -0.2) is 29.9 Å². The minimum atomic E-state index is -4.78. The van der Waals surface area contributed by atoms with E-state index in [4.69, 9.17) is 5.11 Å². The van der Waals surface area contributed by atoms with E-state index in [0.29, 0.717) is 18.4 Å². The van der Waals surface area contributed by atoms with Gasteiger partial charge in [0, 0.05) is 6.54 Å². The van der Waals surface area contributed by atoms with Gasteiger partial charge in [0.05, 0.1) is 11.8 Å². The van der Waals surface area contributed by atoms with Gasteiger partial charge in [0.15, 0.2) is 0 Å². The molecule has 0 saturated heterocycles. The summed E-state index contributed by atoms with van der Waals surface area (Å²) in [5.41, 5.74) is 0.313. The maximum absolute atomic E-state index is 12.3. The van der Waals surface area contributed by atoms with E-state index < -0.39 is 24.2 Å². The van der Waals surface area contributed by atoms with Gasteiger partial charge >= 0.3 is 12.3 Å². The highest BCUT2D eigenvalue weighted by atomic mass is 19.4. The van der Waals surface area contributed by atoms with Gasteiger partial charge in [0.2, 0.25) is 5.91 Å². The zero-order valence-electron chi connectivity index (χ0n) is 12.1. The average Bonchev–Trinajstić information content (AvgIpc) is 2.37. The molecule has 0 heterocycles. The van der Waals surface area contributed by atoms with Crippen molar-refractivity contribution < 1.29 is 32.6 Å². The second kappa shape index (κ2) is 6.89. The van der Waals surface area contributed by atoms with Gasteiger partial charge in [-0.15, -0.1) is 13.2 Å². The summed E-state index contributed by atoms with van der Waals surface area (Å²) >= 11 is 0. The van der Waals surface area contributed by atoms with Crippen molar-refractivity contribution in [1.29, 1.82) is 0 Å². The summed E-state index contributed by atoms with van der Waals surface area (Å²) in [4.78, 5) is 22.7. The fraction of sp³-hybridized carbons (Fsp3) is 0.467. The molecule has 0 aromatic heterocycles. The van der Waals surface area contributed by atoms with E-state index in [-0.39, 0.29) is 24.6 Å². The van der Waals surface area contributed by atoms with Crippen LogP contribution in [0.2, 0.25) is 0 Å². The molecule has 126 valence electrons. The van der Waals surface area contributed by atoms with Crippen LogP contribution in [0, 0.1) is 11.8 Å². The van der Waals surface area contributed by atoms with Crippen molar-refractivity contribution in [2.75, 3.05) is 6.54 Å².